The molecule has 0 bridgehead atoms. The molecule has 2 aromatic carbocycles. The van der Waals surface area contributed by atoms with E-state index < -0.39 is 0 Å². The summed E-state index contributed by atoms with van der Waals surface area (Å²) in [5.74, 6) is 0.204. The Morgan fingerprint density at radius 1 is 1.30 bits per heavy atom. The third kappa shape index (κ3) is 3.17. The van der Waals surface area contributed by atoms with E-state index >= 15 is 0 Å². The average Bonchev–Trinajstić information content (AvgIpc) is 2.46. The first-order valence-electron chi connectivity index (χ1n) is 6.03. The quantitative estimate of drug-likeness (QED) is 0.798. The van der Waals surface area contributed by atoms with Crippen LogP contribution in [0.25, 0.3) is 0 Å². The molecule has 0 aliphatic heterocycles. The summed E-state index contributed by atoms with van der Waals surface area (Å²) in [6, 6.07) is 14.6. The lowest BCUT2D eigenvalue weighted by Crippen LogP contribution is -2.00. The van der Waals surface area contributed by atoms with Crippen molar-refractivity contribution in [3.8, 4) is 11.8 Å². The van der Waals surface area contributed by atoms with Gasteiger partial charge in [0.05, 0.1) is 10.6 Å². The molecule has 0 heterocycles. The molecule has 0 aliphatic carbocycles. The molecule has 0 unspecified atom stereocenters. The number of ether oxygens (including phenoxy) is 1. The Balaban J connectivity index is 2.25. The molecule has 3 nitrogen and oxygen atoms in total. The van der Waals surface area contributed by atoms with Crippen molar-refractivity contribution in [2.24, 2.45) is 0 Å². The summed E-state index contributed by atoms with van der Waals surface area (Å²) in [6.45, 7) is 1.75. The molecule has 0 N–H and O–H groups in total. The van der Waals surface area contributed by atoms with Crippen molar-refractivity contribution in [2.75, 3.05) is 0 Å². The molecule has 0 spiro atoms. The van der Waals surface area contributed by atoms with Crippen molar-refractivity contribution in [1.29, 1.82) is 5.26 Å². The van der Waals surface area contributed by atoms with Crippen LogP contribution in [0, 0.1) is 11.3 Å². The maximum absolute atomic E-state index is 11.4. The molecular formula is C16H12ClNO2. The van der Waals surface area contributed by atoms with Crippen LogP contribution in [0.5, 0.6) is 5.75 Å². The maximum Gasteiger partial charge on any atom is 0.161 e. The Kier molecular flexibility index (Phi) is 4.39. The van der Waals surface area contributed by atoms with Crippen LogP contribution in [0.3, 0.4) is 0 Å². The standard InChI is InChI=1S/C16H12ClNO2/c1-11(19)14-8-15(17)16(7-13(14)9-18)20-10-12-5-3-2-4-6-12/h2-8H,10H2,1H3. The molecule has 0 aliphatic rings. The minimum absolute atomic E-state index is 0.196. The first-order valence-corrected chi connectivity index (χ1v) is 6.41. The molecule has 20 heavy (non-hydrogen) atoms. The summed E-state index contributed by atoms with van der Waals surface area (Å²) in [7, 11) is 0. The van der Waals surface area contributed by atoms with Gasteiger partial charge in [0.1, 0.15) is 18.4 Å². The van der Waals surface area contributed by atoms with Crippen LogP contribution in [0.2, 0.25) is 5.02 Å². The van der Waals surface area contributed by atoms with Crippen molar-refractivity contribution in [2.45, 2.75) is 13.5 Å². The summed E-state index contributed by atoms with van der Waals surface area (Å²) < 4.78 is 5.61. The highest BCUT2D eigenvalue weighted by atomic mass is 35.5. The minimum Gasteiger partial charge on any atom is -0.487 e. The molecule has 0 atom stereocenters. The van der Waals surface area contributed by atoms with Crippen LogP contribution in [-0.4, -0.2) is 5.78 Å². The van der Waals surface area contributed by atoms with E-state index in [1.807, 2.05) is 36.4 Å². The molecule has 0 fully saturated rings. The number of Topliss-reactive ketones (excluding diaryl/α,β-unsaturated/α-hetero) is 1. The molecule has 2 rings (SSSR count). The number of carbonyl (C=O) groups is 1. The van der Waals surface area contributed by atoms with Gasteiger partial charge in [-0.2, -0.15) is 5.26 Å². The molecule has 0 radical (unpaired) electrons. The van der Waals surface area contributed by atoms with Gasteiger partial charge in [0.2, 0.25) is 0 Å². The minimum atomic E-state index is -0.196. The molecule has 2 aromatic rings. The van der Waals surface area contributed by atoms with Crippen molar-refractivity contribution in [3.63, 3.8) is 0 Å². The van der Waals surface area contributed by atoms with Crippen molar-refractivity contribution in [1.82, 2.24) is 0 Å². The number of benzene rings is 2. The van der Waals surface area contributed by atoms with Gasteiger partial charge in [0.25, 0.3) is 0 Å². The molecule has 0 saturated heterocycles. The number of hydrogen-bond donors (Lipinski definition) is 0. The van der Waals surface area contributed by atoms with Crippen LogP contribution in [-0.2, 0) is 6.61 Å². The zero-order valence-electron chi connectivity index (χ0n) is 10.9. The van der Waals surface area contributed by atoms with Crippen LogP contribution >= 0.6 is 11.6 Å². The average molecular weight is 286 g/mol. The topological polar surface area (TPSA) is 50.1 Å². The number of carbonyl (C=O) groups excluding carboxylic acids is 1. The smallest absolute Gasteiger partial charge is 0.161 e. The monoisotopic (exact) mass is 285 g/mol. The fraction of sp³-hybridized carbons (Fsp3) is 0.125. The van der Waals surface area contributed by atoms with E-state index in [9.17, 15) is 4.79 Å². The molecular weight excluding hydrogens is 274 g/mol. The predicted octanol–water partition coefficient (Wildman–Crippen LogP) is 3.99. The summed E-state index contributed by atoms with van der Waals surface area (Å²) in [5.41, 5.74) is 1.58. The van der Waals surface area contributed by atoms with Crippen molar-refractivity contribution < 1.29 is 9.53 Å². The largest absolute Gasteiger partial charge is 0.487 e. The second-order valence-corrected chi connectivity index (χ2v) is 4.68. The molecule has 4 heteroatoms. The lowest BCUT2D eigenvalue weighted by molar-refractivity contribution is 0.101. The van der Waals surface area contributed by atoms with Gasteiger partial charge in [0.15, 0.2) is 5.78 Å². The summed E-state index contributed by atoms with van der Waals surface area (Å²) in [5, 5.41) is 9.39. The van der Waals surface area contributed by atoms with Gasteiger partial charge in [-0.25, -0.2) is 0 Å². The highest BCUT2D eigenvalue weighted by molar-refractivity contribution is 6.32. The maximum atomic E-state index is 11.4. The number of hydrogen-bond acceptors (Lipinski definition) is 3. The van der Waals surface area contributed by atoms with Gasteiger partial charge in [-0.1, -0.05) is 41.9 Å². The first kappa shape index (κ1) is 14.1. The van der Waals surface area contributed by atoms with Gasteiger partial charge in [0, 0.05) is 11.6 Å². The van der Waals surface area contributed by atoms with E-state index in [4.69, 9.17) is 21.6 Å². The van der Waals surface area contributed by atoms with Crippen molar-refractivity contribution >= 4 is 17.4 Å². The SMILES string of the molecule is CC(=O)c1cc(Cl)c(OCc2ccccc2)cc1C#N. The van der Waals surface area contributed by atoms with E-state index in [1.165, 1.54) is 19.1 Å². The fourth-order valence-corrected chi connectivity index (χ4v) is 2.00. The van der Waals surface area contributed by atoms with Gasteiger partial charge in [-0.3, -0.25) is 4.79 Å². The molecule has 0 saturated carbocycles. The number of rotatable bonds is 4. The molecule has 0 amide bonds. The van der Waals surface area contributed by atoms with E-state index in [0.29, 0.717) is 22.9 Å². The van der Waals surface area contributed by atoms with Crippen LogP contribution in [0.1, 0.15) is 28.4 Å². The van der Waals surface area contributed by atoms with Crippen LogP contribution in [0.4, 0.5) is 0 Å². The Morgan fingerprint density at radius 3 is 2.60 bits per heavy atom. The highest BCUT2D eigenvalue weighted by Gasteiger charge is 2.12. The number of nitrogens with zero attached hydrogens (tertiary/aromatic N) is 1. The lowest BCUT2D eigenvalue weighted by atomic mass is 10.1. The number of nitriles is 1. The van der Waals surface area contributed by atoms with Gasteiger partial charge >= 0.3 is 0 Å². The Hall–Kier alpha value is -2.31. The van der Waals surface area contributed by atoms with E-state index in [0.717, 1.165) is 5.56 Å². The van der Waals surface area contributed by atoms with Crippen LogP contribution < -0.4 is 4.74 Å². The third-order valence-electron chi connectivity index (χ3n) is 2.81. The number of halogens is 1. The summed E-state index contributed by atoms with van der Waals surface area (Å²) >= 11 is 6.08. The summed E-state index contributed by atoms with van der Waals surface area (Å²) in [6.07, 6.45) is 0. The number of ketones is 1. The van der Waals surface area contributed by atoms with Gasteiger partial charge < -0.3 is 4.74 Å². The molecule has 100 valence electrons. The van der Waals surface area contributed by atoms with E-state index in [-0.39, 0.29) is 11.3 Å². The predicted molar refractivity (Wildman–Crippen MR) is 76.9 cm³/mol. The van der Waals surface area contributed by atoms with Crippen molar-refractivity contribution in [3.05, 3.63) is 64.2 Å². The zero-order valence-corrected chi connectivity index (χ0v) is 11.6. The van der Waals surface area contributed by atoms with Gasteiger partial charge in [-0.15, -0.1) is 0 Å². The van der Waals surface area contributed by atoms with E-state index in [1.54, 1.807) is 0 Å². The second-order valence-electron chi connectivity index (χ2n) is 4.27. The van der Waals surface area contributed by atoms with Gasteiger partial charge in [-0.05, 0) is 18.6 Å². The van der Waals surface area contributed by atoms with E-state index in [2.05, 4.69) is 0 Å². The third-order valence-corrected chi connectivity index (χ3v) is 3.10. The zero-order chi connectivity index (χ0) is 14.5. The normalized spacial score (nSPS) is 9.85. The fourth-order valence-electron chi connectivity index (χ4n) is 1.78. The first-order chi connectivity index (χ1) is 9.61. The lowest BCUT2D eigenvalue weighted by Gasteiger charge is -2.10. The summed E-state index contributed by atoms with van der Waals surface area (Å²) in [4.78, 5) is 11.4. The molecule has 0 aromatic heterocycles. The van der Waals surface area contributed by atoms with Crippen LogP contribution in [0.15, 0.2) is 42.5 Å². The second kappa shape index (κ2) is 6.23. The Bertz CT molecular complexity index is 675. The Labute approximate surface area is 122 Å². The Morgan fingerprint density at radius 2 is 2.00 bits per heavy atom. The highest BCUT2D eigenvalue weighted by Crippen LogP contribution is 2.29.